The van der Waals surface area contributed by atoms with E-state index in [1.54, 1.807) is 6.07 Å². The molecule has 1 saturated carbocycles. The van der Waals surface area contributed by atoms with Crippen LogP contribution in [0.15, 0.2) is 18.2 Å². The van der Waals surface area contributed by atoms with E-state index >= 15 is 0 Å². The van der Waals surface area contributed by atoms with Crippen molar-refractivity contribution in [3.05, 3.63) is 28.3 Å². The summed E-state index contributed by atoms with van der Waals surface area (Å²) in [6, 6.07) is 5.18. The van der Waals surface area contributed by atoms with Gasteiger partial charge in [0.2, 0.25) is 0 Å². The fraction of sp³-hybridized carbons (Fsp3) is 0.400. The lowest BCUT2D eigenvalue weighted by molar-refractivity contribution is -0.384. The molecule has 80 valence electrons. The number of benzene rings is 1. The van der Waals surface area contributed by atoms with E-state index in [1.165, 1.54) is 19.2 Å². The molecule has 0 spiro atoms. The Hall–Kier alpha value is -1.78. The normalized spacial score (nSPS) is 14.7. The second kappa shape index (κ2) is 3.76. The first-order chi connectivity index (χ1) is 7.19. The van der Waals surface area contributed by atoms with E-state index < -0.39 is 4.92 Å². The molecule has 1 aliphatic carbocycles. The van der Waals surface area contributed by atoms with Crippen LogP contribution in [0.1, 0.15) is 12.8 Å². The monoisotopic (exact) mass is 208 g/mol. The van der Waals surface area contributed by atoms with Crippen molar-refractivity contribution in [3.63, 3.8) is 0 Å². The summed E-state index contributed by atoms with van der Waals surface area (Å²) in [4.78, 5) is 10.2. The SMILES string of the molecule is COc1cc(NC2CC2)cc([N+](=O)[O-])c1. The third kappa shape index (κ3) is 2.37. The zero-order valence-electron chi connectivity index (χ0n) is 8.40. The highest BCUT2D eigenvalue weighted by molar-refractivity contribution is 5.57. The molecule has 0 atom stereocenters. The van der Waals surface area contributed by atoms with Crippen molar-refractivity contribution in [3.8, 4) is 5.75 Å². The van der Waals surface area contributed by atoms with Crippen LogP contribution in [0.2, 0.25) is 0 Å². The number of nitro benzene ring substituents is 1. The second-order valence-corrected chi connectivity index (χ2v) is 3.60. The Morgan fingerprint density at radius 1 is 1.47 bits per heavy atom. The van der Waals surface area contributed by atoms with E-state index in [1.807, 2.05) is 0 Å². The molecule has 0 heterocycles. The van der Waals surface area contributed by atoms with Crippen molar-refractivity contribution in [2.45, 2.75) is 18.9 Å². The Labute approximate surface area is 87.2 Å². The minimum absolute atomic E-state index is 0.0532. The second-order valence-electron chi connectivity index (χ2n) is 3.60. The first-order valence-electron chi connectivity index (χ1n) is 4.79. The van der Waals surface area contributed by atoms with Gasteiger partial charge in [0.05, 0.1) is 18.1 Å². The zero-order chi connectivity index (χ0) is 10.8. The van der Waals surface area contributed by atoms with E-state index in [-0.39, 0.29) is 5.69 Å². The molecular weight excluding hydrogens is 196 g/mol. The Bertz CT molecular complexity index is 388. The molecule has 5 nitrogen and oxygen atoms in total. The van der Waals surface area contributed by atoms with Crippen molar-refractivity contribution in [1.82, 2.24) is 0 Å². The van der Waals surface area contributed by atoms with E-state index in [4.69, 9.17) is 4.74 Å². The van der Waals surface area contributed by atoms with Crippen molar-refractivity contribution in [2.75, 3.05) is 12.4 Å². The molecule has 1 aromatic rings. The van der Waals surface area contributed by atoms with Crippen molar-refractivity contribution < 1.29 is 9.66 Å². The van der Waals surface area contributed by atoms with Gasteiger partial charge < -0.3 is 10.1 Å². The van der Waals surface area contributed by atoms with Gasteiger partial charge in [-0.1, -0.05) is 0 Å². The van der Waals surface area contributed by atoms with E-state index in [0.717, 1.165) is 18.5 Å². The van der Waals surface area contributed by atoms with Crippen LogP contribution in [-0.2, 0) is 0 Å². The van der Waals surface area contributed by atoms with Crippen LogP contribution in [0.4, 0.5) is 11.4 Å². The summed E-state index contributed by atoms with van der Waals surface area (Å²) >= 11 is 0. The third-order valence-electron chi connectivity index (χ3n) is 2.29. The predicted molar refractivity (Wildman–Crippen MR) is 56.3 cm³/mol. The Kier molecular flexibility index (Phi) is 2.45. The highest BCUT2D eigenvalue weighted by atomic mass is 16.6. The molecule has 1 aromatic carbocycles. The van der Waals surface area contributed by atoms with Gasteiger partial charge in [-0.05, 0) is 12.8 Å². The van der Waals surface area contributed by atoms with Gasteiger partial charge in [-0.2, -0.15) is 0 Å². The molecule has 2 rings (SSSR count). The Morgan fingerprint density at radius 2 is 2.20 bits per heavy atom. The molecule has 0 unspecified atom stereocenters. The van der Waals surface area contributed by atoms with E-state index in [0.29, 0.717) is 11.8 Å². The van der Waals surface area contributed by atoms with Crippen LogP contribution < -0.4 is 10.1 Å². The van der Waals surface area contributed by atoms with Gasteiger partial charge >= 0.3 is 0 Å². The average Bonchev–Trinajstić information content (AvgIpc) is 3.01. The highest BCUT2D eigenvalue weighted by Crippen LogP contribution is 2.30. The number of anilines is 1. The quantitative estimate of drug-likeness (QED) is 0.608. The number of hydrogen-bond donors (Lipinski definition) is 1. The largest absolute Gasteiger partial charge is 0.496 e. The minimum Gasteiger partial charge on any atom is -0.496 e. The molecule has 1 fully saturated rings. The predicted octanol–water partition coefficient (Wildman–Crippen LogP) is 2.18. The number of nitrogens with one attached hydrogen (secondary N) is 1. The number of non-ortho nitro benzene ring substituents is 1. The molecule has 5 heteroatoms. The summed E-state index contributed by atoms with van der Waals surface area (Å²) in [5, 5.41) is 13.8. The lowest BCUT2D eigenvalue weighted by atomic mass is 10.2. The molecule has 0 radical (unpaired) electrons. The maximum Gasteiger partial charge on any atom is 0.275 e. The number of nitro groups is 1. The zero-order valence-corrected chi connectivity index (χ0v) is 8.40. The summed E-state index contributed by atoms with van der Waals surface area (Å²) < 4.78 is 5.00. The molecule has 0 saturated heterocycles. The molecule has 0 bridgehead atoms. The molecule has 15 heavy (non-hydrogen) atoms. The lowest BCUT2D eigenvalue weighted by Gasteiger charge is -2.06. The van der Waals surface area contributed by atoms with E-state index in [9.17, 15) is 10.1 Å². The molecule has 0 aromatic heterocycles. The van der Waals surface area contributed by atoms with Gasteiger partial charge in [0.1, 0.15) is 5.75 Å². The Morgan fingerprint density at radius 3 is 2.73 bits per heavy atom. The van der Waals surface area contributed by atoms with Crippen molar-refractivity contribution >= 4 is 11.4 Å². The van der Waals surface area contributed by atoms with E-state index in [2.05, 4.69) is 5.32 Å². The van der Waals surface area contributed by atoms with Crippen LogP contribution in [-0.4, -0.2) is 18.1 Å². The molecule has 1 N–H and O–H groups in total. The van der Waals surface area contributed by atoms with Crippen LogP contribution in [0, 0.1) is 10.1 Å². The third-order valence-corrected chi connectivity index (χ3v) is 2.29. The van der Waals surface area contributed by atoms with Gasteiger partial charge in [-0.3, -0.25) is 10.1 Å². The average molecular weight is 208 g/mol. The molecule has 0 aliphatic heterocycles. The summed E-state index contributed by atoms with van der Waals surface area (Å²) in [7, 11) is 1.50. The first kappa shape index (κ1) is 9.76. The smallest absolute Gasteiger partial charge is 0.275 e. The number of nitrogens with zero attached hydrogens (tertiary/aromatic N) is 1. The number of hydrogen-bond acceptors (Lipinski definition) is 4. The number of methoxy groups -OCH3 is 1. The fourth-order valence-electron chi connectivity index (χ4n) is 1.35. The van der Waals surface area contributed by atoms with Gasteiger partial charge in [0.25, 0.3) is 5.69 Å². The summed E-state index contributed by atoms with van der Waals surface area (Å²) in [5.74, 6) is 0.507. The number of rotatable bonds is 4. The standard InChI is InChI=1S/C10H12N2O3/c1-15-10-5-8(11-7-2-3-7)4-9(6-10)12(13)14/h4-7,11H,2-3H2,1H3. The lowest BCUT2D eigenvalue weighted by Crippen LogP contribution is -2.01. The molecule has 0 amide bonds. The summed E-state index contributed by atoms with van der Waals surface area (Å²) in [6.07, 6.45) is 2.26. The fourth-order valence-corrected chi connectivity index (χ4v) is 1.35. The van der Waals surface area contributed by atoms with Crippen molar-refractivity contribution in [2.24, 2.45) is 0 Å². The van der Waals surface area contributed by atoms with Gasteiger partial charge in [-0.25, -0.2) is 0 Å². The number of ether oxygens (including phenoxy) is 1. The van der Waals surface area contributed by atoms with Crippen LogP contribution in [0.3, 0.4) is 0 Å². The Balaban J connectivity index is 2.27. The van der Waals surface area contributed by atoms with Crippen LogP contribution in [0.5, 0.6) is 5.75 Å². The van der Waals surface area contributed by atoms with Crippen LogP contribution >= 0.6 is 0 Å². The summed E-state index contributed by atoms with van der Waals surface area (Å²) in [6.45, 7) is 0. The summed E-state index contributed by atoms with van der Waals surface area (Å²) in [5.41, 5.74) is 0.807. The first-order valence-corrected chi connectivity index (χ1v) is 4.79. The van der Waals surface area contributed by atoms with Gasteiger partial charge in [0.15, 0.2) is 0 Å². The topological polar surface area (TPSA) is 64.4 Å². The maximum absolute atomic E-state index is 10.6. The molecular formula is C10H12N2O3. The maximum atomic E-state index is 10.6. The van der Waals surface area contributed by atoms with Gasteiger partial charge in [0, 0.05) is 23.9 Å². The van der Waals surface area contributed by atoms with Gasteiger partial charge in [-0.15, -0.1) is 0 Å². The minimum atomic E-state index is -0.416. The molecule has 1 aliphatic rings. The van der Waals surface area contributed by atoms with Crippen molar-refractivity contribution in [1.29, 1.82) is 0 Å². The highest BCUT2D eigenvalue weighted by Gasteiger charge is 2.22. The van der Waals surface area contributed by atoms with Crippen LogP contribution in [0.25, 0.3) is 0 Å².